The zero-order valence-corrected chi connectivity index (χ0v) is 34.5. The second-order valence-corrected chi connectivity index (χ2v) is 14.9. The lowest BCUT2D eigenvalue weighted by Gasteiger charge is -2.34. The minimum Gasteiger partial charge on any atom is -0.497 e. The van der Waals surface area contributed by atoms with E-state index in [1.807, 2.05) is 37.3 Å². The molecule has 10 nitrogen and oxygen atoms in total. The first-order valence-corrected chi connectivity index (χ1v) is 19.9. The van der Waals surface area contributed by atoms with Crippen LogP contribution in [0.2, 0.25) is 5.02 Å². The Morgan fingerprint density at radius 1 is 0.907 bits per heavy atom. The van der Waals surface area contributed by atoms with Crippen molar-refractivity contribution in [2.24, 2.45) is 0 Å². The number of benzene rings is 3. The number of anilines is 1. The summed E-state index contributed by atoms with van der Waals surface area (Å²) in [6, 6.07) is 18.8. The van der Waals surface area contributed by atoms with Crippen LogP contribution in [0.1, 0.15) is 91.3 Å². The first-order chi connectivity index (χ1) is 25.9. The average Bonchev–Trinajstić information content (AvgIpc) is 3.50. The Morgan fingerprint density at radius 2 is 1.59 bits per heavy atom. The molecule has 1 fully saturated rings. The Morgan fingerprint density at radius 3 is 2.22 bits per heavy atom. The minimum atomic E-state index is -0.353. The summed E-state index contributed by atoms with van der Waals surface area (Å²) in [4.78, 5) is 41.0. The van der Waals surface area contributed by atoms with Gasteiger partial charge in [-0.1, -0.05) is 44.7 Å². The third kappa shape index (κ3) is 12.1. The van der Waals surface area contributed by atoms with Crippen molar-refractivity contribution in [1.29, 1.82) is 0 Å². The van der Waals surface area contributed by atoms with E-state index in [4.69, 9.17) is 31.5 Å². The molecule has 3 aromatic carbocycles. The summed E-state index contributed by atoms with van der Waals surface area (Å²) in [7, 11) is 1.63. The van der Waals surface area contributed by atoms with Gasteiger partial charge in [0.15, 0.2) is 0 Å². The first-order valence-electron chi connectivity index (χ1n) is 18.8. The summed E-state index contributed by atoms with van der Waals surface area (Å²) >= 11 is 9.39. The van der Waals surface area contributed by atoms with E-state index in [1.165, 1.54) is 39.0 Å². The Balaban J connectivity index is 0.000000264. The van der Waals surface area contributed by atoms with Crippen LogP contribution in [-0.4, -0.2) is 84.8 Å². The molecule has 0 radical (unpaired) electrons. The molecule has 54 heavy (non-hydrogen) atoms. The summed E-state index contributed by atoms with van der Waals surface area (Å²) < 4.78 is 18.2. The number of halogens is 2. The SMILES string of the molecule is CCCN(CCOC(C)=O)CCOC(=O)c1cc(Br)c(N)c(CN(CC)C2CCCCC2)c1.COc1ccc2c(c1)cc(C)n2C(=O)c1ccc(Cl)cc1. The number of hydrogen-bond donors (Lipinski definition) is 1. The molecule has 292 valence electrons. The van der Waals surface area contributed by atoms with Gasteiger partial charge in [0.1, 0.15) is 19.0 Å². The van der Waals surface area contributed by atoms with E-state index < -0.39 is 0 Å². The number of rotatable bonds is 15. The smallest absolute Gasteiger partial charge is 0.338 e. The van der Waals surface area contributed by atoms with E-state index in [0.717, 1.165) is 58.4 Å². The maximum absolute atomic E-state index is 12.8. The Labute approximate surface area is 333 Å². The highest BCUT2D eigenvalue weighted by atomic mass is 79.9. The van der Waals surface area contributed by atoms with Crippen LogP contribution in [-0.2, 0) is 20.8 Å². The van der Waals surface area contributed by atoms with Gasteiger partial charge in [-0.15, -0.1) is 0 Å². The number of aromatic nitrogens is 1. The molecule has 1 aliphatic rings. The molecule has 12 heteroatoms. The van der Waals surface area contributed by atoms with Gasteiger partial charge in [-0.05, 0) is 121 Å². The van der Waals surface area contributed by atoms with Gasteiger partial charge in [0.2, 0.25) is 0 Å². The third-order valence-electron chi connectivity index (χ3n) is 9.70. The van der Waals surface area contributed by atoms with Crippen LogP contribution in [0.25, 0.3) is 10.9 Å². The lowest BCUT2D eigenvalue weighted by atomic mass is 9.93. The van der Waals surface area contributed by atoms with Crippen molar-refractivity contribution in [3.8, 4) is 5.75 Å². The van der Waals surface area contributed by atoms with Crippen LogP contribution in [0.5, 0.6) is 5.75 Å². The molecule has 2 N–H and O–H groups in total. The van der Waals surface area contributed by atoms with Crippen LogP contribution in [0.3, 0.4) is 0 Å². The van der Waals surface area contributed by atoms with Crippen molar-refractivity contribution in [2.75, 3.05) is 52.2 Å². The number of nitrogens with two attached hydrogens (primary N) is 1. The number of aryl methyl sites for hydroxylation is 1. The van der Waals surface area contributed by atoms with E-state index in [2.05, 4.69) is 39.6 Å². The van der Waals surface area contributed by atoms with E-state index >= 15 is 0 Å². The largest absolute Gasteiger partial charge is 0.497 e. The molecule has 0 aliphatic heterocycles. The standard InChI is InChI=1S/C25H40BrN3O4.C17H14ClNO2/c1-4-11-28(12-14-32-19(3)30)13-15-33-25(31)20-16-21(24(27)23(26)17-20)18-29(5-2)22-9-7-6-8-10-22;1-11-9-13-10-15(21-2)7-8-16(13)19(11)17(20)12-3-5-14(18)6-4-12/h16-17,22H,4-15,18,27H2,1-3H3;3-10H,1-2H3. The van der Waals surface area contributed by atoms with Gasteiger partial charge in [0, 0.05) is 58.7 Å². The number of hydrogen-bond acceptors (Lipinski definition) is 9. The van der Waals surface area contributed by atoms with Crippen molar-refractivity contribution >= 4 is 62.0 Å². The summed E-state index contributed by atoms with van der Waals surface area (Å²) in [5, 5.41) is 1.60. The predicted octanol–water partition coefficient (Wildman–Crippen LogP) is 8.92. The zero-order valence-electron chi connectivity index (χ0n) is 32.2. The van der Waals surface area contributed by atoms with Gasteiger partial charge in [0.25, 0.3) is 5.91 Å². The summed E-state index contributed by atoms with van der Waals surface area (Å²) in [6.45, 7) is 12.0. The number of nitrogen functional groups attached to an aromatic ring is 1. The molecule has 1 aromatic heterocycles. The van der Waals surface area contributed by atoms with Crippen molar-refractivity contribution in [3.63, 3.8) is 0 Å². The van der Waals surface area contributed by atoms with E-state index in [1.54, 1.807) is 42.0 Å². The third-order valence-corrected chi connectivity index (χ3v) is 10.6. The topological polar surface area (TPSA) is 116 Å². The summed E-state index contributed by atoms with van der Waals surface area (Å²) in [5.41, 5.74) is 10.9. The molecule has 1 saturated carbocycles. The van der Waals surface area contributed by atoms with Crippen molar-refractivity contribution in [2.45, 2.75) is 78.8 Å². The fourth-order valence-electron chi connectivity index (χ4n) is 6.86. The van der Waals surface area contributed by atoms with Gasteiger partial charge in [-0.2, -0.15) is 0 Å². The molecule has 0 saturated heterocycles. The number of fused-ring (bicyclic) bond motifs is 1. The van der Waals surface area contributed by atoms with Crippen LogP contribution < -0.4 is 10.5 Å². The fourth-order valence-corrected chi connectivity index (χ4v) is 7.49. The average molecular weight is 826 g/mol. The lowest BCUT2D eigenvalue weighted by molar-refractivity contribution is -0.141. The maximum atomic E-state index is 12.8. The van der Waals surface area contributed by atoms with Gasteiger partial charge >= 0.3 is 11.9 Å². The number of carbonyl (C=O) groups excluding carboxylic acids is 3. The first kappa shape index (κ1) is 42.8. The van der Waals surface area contributed by atoms with Crippen molar-refractivity contribution < 1.29 is 28.6 Å². The molecule has 5 rings (SSSR count). The molecule has 0 unspecified atom stereocenters. The van der Waals surface area contributed by atoms with Crippen molar-refractivity contribution in [3.05, 3.63) is 92.5 Å². The molecule has 0 bridgehead atoms. The molecule has 0 amide bonds. The number of carbonyl (C=O) groups is 3. The minimum absolute atomic E-state index is 0.0654. The van der Waals surface area contributed by atoms with E-state index in [-0.39, 0.29) is 24.5 Å². The molecule has 0 spiro atoms. The molecule has 1 heterocycles. The highest BCUT2D eigenvalue weighted by Crippen LogP contribution is 2.30. The molecule has 0 atom stereocenters. The van der Waals surface area contributed by atoms with Crippen LogP contribution >= 0.6 is 27.5 Å². The fraction of sp³-hybridized carbons (Fsp3) is 0.452. The normalized spacial score (nSPS) is 13.1. The monoisotopic (exact) mass is 824 g/mol. The second-order valence-electron chi connectivity index (χ2n) is 13.6. The lowest BCUT2D eigenvalue weighted by Crippen LogP contribution is -2.36. The maximum Gasteiger partial charge on any atom is 0.338 e. The summed E-state index contributed by atoms with van der Waals surface area (Å²) in [6.07, 6.45) is 7.30. The van der Waals surface area contributed by atoms with Gasteiger partial charge in [-0.3, -0.25) is 24.0 Å². The zero-order chi connectivity index (χ0) is 39.2. The van der Waals surface area contributed by atoms with Gasteiger partial charge in [-0.25, -0.2) is 4.79 Å². The van der Waals surface area contributed by atoms with E-state index in [9.17, 15) is 14.4 Å². The van der Waals surface area contributed by atoms with Crippen LogP contribution in [0.15, 0.2) is 65.1 Å². The number of esters is 2. The molecular weight excluding hydrogens is 772 g/mol. The second kappa shape index (κ2) is 21.3. The highest BCUT2D eigenvalue weighted by molar-refractivity contribution is 9.10. The number of nitrogens with zero attached hydrogens (tertiary/aromatic N) is 3. The van der Waals surface area contributed by atoms with Crippen LogP contribution in [0, 0.1) is 6.92 Å². The Bertz CT molecular complexity index is 1860. The highest BCUT2D eigenvalue weighted by Gasteiger charge is 2.22. The van der Waals surface area contributed by atoms with Crippen LogP contribution in [0.4, 0.5) is 5.69 Å². The van der Waals surface area contributed by atoms with Crippen molar-refractivity contribution in [1.82, 2.24) is 14.4 Å². The Kier molecular flexibility index (Phi) is 16.9. The molecule has 1 aliphatic carbocycles. The molecule has 4 aromatic rings. The van der Waals surface area contributed by atoms with Gasteiger partial charge < -0.3 is 19.9 Å². The quantitative estimate of drug-likeness (QED) is 0.0927. The number of ether oxygens (including phenoxy) is 3. The number of methoxy groups -OCH3 is 1. The predicted molar refractivity (Wildman–Crippen MR) is 220 cm³/mol. The Hall–Kier alpha value is -3.90. The van der Waals surface area contributed by atoms with Gasteiger partial charge in [0.05, 0.1) is 23.9 Å². The summed E-state index contributed by atoms with van der Waals surface area (Å²) in [5.74, 6) is 0.0739. The molecular formula is C42H54BrClN4O6. The van der Waals surface area contributed by atoms with E-state index in [0.29, 0.717) is 47.6 Å².